The zero-order valence-corrected chi connectivity index (χ0v) is 12.8. The molecule has 0 spiro atoms. The van der Waals surface area contributed by atoms with Gasteiger partial charge in [0.05, 0.1) is 0 Å². The number of benzene rings is 1. The predicted octanol–water partition coefficient (Wildman–Crippen LogP) is 5.09. The van der Waals surface area contributed by atoms with E-state index in [1.54, 1.807) is 0 Å². The summed E-state index contributed by atoms with van der Waals surface area (Å²) >= 11 is 0. The summed E-state index contributed by atoms with van der Waals surface area (Å²) in [4.78, 5) is 0. The highest BCUT2D eigenvalue weighted by Crippen LogP contribution is 2.31. The molecule has 0 amide bonds. The standard InChI is InChI=1S/C18H29N/c1-18(2,3)14-17(15-10-6-4-7-11-15)19-16-12-8-5-9-13-16/h4,6-7,10-11,16-17,19H,5,8-9,12-14H2,1-3H3. The lowest BCUT2D eigenvalue weighted by Crippen LogP contribution is -2.36. The van der Waals surface area contributed by atoms with Crippen molar-refractivity contribution in [3.05, 3.63) is 35.9 Å². The first kappa shape index (κ1) is 14.6. The van der Waals surface area contributed by atoms with Gasteiger partial charge in [0.15, 0.2) is 0 Å². The molecule has 0 radical (unpaired) electrons. The van der Waals surface area contributed by atoms with Crippen LogP contribution in [0.15, 0.2) is 30.3 Å². The third kappa shape index (κ3) is 4.99. The van der Waals surface area contributed by atoms with E-state index < -0.39 is 0 Å². The van der Waals surface area contributed by atoms with Gasteiger partial charge >= 0.3 is 0 Å². The van der Waals surface area contributed by atoms with Gasteiger partial charge in [-0.1, -0.05) is 70.4 Å². The van der Waals surface area contributed by atoms with E-state index in [4.69, 9.17) is 0 Å². The van der Waals surface area contributed by atoms with Crippen molar-refractivity contribution < 1.29 is 0 Å². The molecule has 19 heavy (non-hydrogen) atoms. The van der Waals surface area contributed by atoms with Crippen LogP contribution in [0, 0.1) is 5.41 Å². The summed E-state index contributed by atoms with van der Waals surface area (Å²) in [7, 11) is 0. The van der Waals surface area contributed by atoms with Crippen molar-refractivity contribution in [2.45, 2.75) is 71.4 Å². The normalized spacial score (nSPS) is 19.3. The number of nitrogens with one attached hydrogen (secondary N) is 1. The van der Waals surface area contributed by atoms with Gasteiger partial charge in [0.1, 0.15) is 0 Å². The Labute approximate surface area is 118 Å². The topological polar surface area (TPSA) is 12.0 Å². The van der Waals surface area contributed by atoms with Crippen molar-refractivity contribution in [1.82, 2.24) is 5.32 Å². The number of hydrogen-bond donors (Lipinski definition) is 1. The predicted molar refractivity (Wildman–Crippen MR) is 83.3 cm³/mol. The smallest absolute Gasteiger partial charge is 0.0327 e. The zero-order chi connectivity index (χ0) is 13.7. The van der Waals surface area contributed by atoms with E-state index in [2.05, 4.69) is 56.4 Å². The van der Waals surface area contributed by atoms with Crippen molar-refractivity contribution in [3.63, 3.8) is 0 Å². The van der Waals surface area contributed by atoms with Crippen LogP contribution in [0.2, 0.25) is 0 Å². The highest BCUT2D eigenvalue weighted by molar-refractivity contribution is 5.19. The molecule has 0 heterocycles. The maximum absolute atomic E-state index is 3.93. The van der Waals surface area contributed by atoms with E-state index in [1.807, 2.05) is 0 Å². The van der Waals surface area contributed by atoms with Gasteiger partial charge in [0.2, 0.25) is 0 Å². The molecule has 1 aliphatic carbocycles. The van der Waals surface area contributed by atoms with Crippen LogP contribution in [0.3, 0.4) is 0 Å². The molecule has 0 aromatic heterocycles. The monoisotopic (exact) mass is 259 g/mol. The van der Waals surface area contributed by atoms with E-state index in [-0.39, 0.29) is 0 Å². The molecule has 106 valence electrons. The lowest BCUT2D eigenvalue weighted by atomic mass is 9.84. The largest absolute Gasteiger partial charge is 0.307 e. The summed E-state index contributed by atoms with van der Waals surface area (Å²) < 4.78 is 0. The van der Waals surface area contributed by atoms with Gasteiger partial charge in [-0.3, -0.25) is 0 Å². The van der Waals surface area contributed by atoms with Crippen molar-refractivity contribution in [2.24, 2.45) is 5.41 Å². The molecular weight excluding hydrogens is 230 g/mol. The Hall–Kier alpha value is -0.820. The molecule has 0 aliphatic heterocycles. The highest BCUT2D eigenvalue weighted by atomic mass is 15.0. The Bertz CT molecular complexity index is 357. The van der Waals surface area contributed by atoms with Gasteiger partial charge in [-0.2, -0.15) is 0 Å². The third-order valence-electron chi connectivity index (χ3n) is 4.06. The molecule has 0 saturated heterocycles. The van der Waals surface area contributed by atoms with E-state index in [0.717, 1.165) is 6.04 Å². The summed E-state index contributed by atoms with van der Waals surface area (Å²) in [5, 5.41) is 3.93. The maximum atomic E-state index is 3.93. The van der Waals surface area contributed by atoms with Crippen molar-refractivity contribution in [2.75, 3.05) is 0 Å². The average Bonchev–Trinajstić information content (AvgIpc) is 2.39. The number of hydrogen-bond acceptors (Lipinski definition) is 1. The van der Waals surface area contributed by atoms with Gasteiger partial charge in [0.25, 0.3) is 0 Å². The summed E-state index contributed by atoms with van der Waals surface area (Å²) in [5.41, 5.74) is 1.81. The molecule has 1 aromatic rings. The molecule has 1 N–H and O–H groups in total. The fourth-order valence-corrected chi connectivity index (χ4v) is 3.12. The fourth-order valence-electron chi connectivity index (χ4n) is 3.12. The molecule has 0 bridgehead atoms. The molecule has 1 aliphatic rings. The minimum atomic E-state index is 0.363. The second-order valence-electron chi connectivity index (χ2n) is 7.23. The summed E-state index contributed by atoms with van der Waals surface area (Å²) in [5.74, 6) is 0. The van der Waals surface area contributed by atoms with Crippen LogP contribution in [0.1, 0.15) is 70.9 Å². The molecule has 1 atom stereocenters. The summed E-state index contributed by atoms with van der Waals surface area (Å²) in [6.07, 6.45) is 8.13. The Morgan fingerprint density at radius 1 is 1.05 bits per heavy atom. The fraction of sp³-hybridized carbons (Fsp3) is 0.667. The molecule has 1 heteroatoms. The van der Waals surface area contributed by atoms with Crippen molar-refractivity contribution >= 4 is 0 Å². The van der Waals surface area contributed by atoms with Crippen LogP contribution in [0.4, 0.5) is 0 Å². The SMILES string of the molecule is CC(C)(C)CC(NC1CCCCC1)c1ccccc1. The van der Waals surface area contributed by atoms with Gasteiger partial charge in [-0.15, -0.1) is 0 Å². The summed E-state index contributed by atoms with van der Waals surface area (Å²) in [6.45, 7) is 7.02. The average molecular weight is 259 g/mol. The van der Waals surface area contributed by atoms with Crippen molar-refractivity contribution in [3.8, 4) is 0 Å². The Balaban J connectivity index is 2.05. The van der Waals surface area contributed by atoms with E-state index in [0.29, 0.717) is 11.5 Å². The quantitative estimate of drug-likeness (QED) is 0.794. The lowest BCUT2D eigenvalue weighted by Gasteiger charge is -2.32. The second kappa shape index (κ2) is 6.56. The van der Waals surface area contributed by atoms with Gasteiger partial charge < -0.3 is 5.32 Å². The first-order valence-electron chi connectivity index (χ1n) is 7.86. The molecule has 1 nitrogen and oxygen atoms in total. The minimum absolute atomic E-state index is 0.363. The third-order valence-corrected chi connectivity index (χ3v) is 4.06. The molecular formula is C18H29N. The van der Waals surface area contributed by atoms with Crippen LogP contribution >= 0.6 is 0 Å². The second-order valence-corrected chi connectivity index (χ2v) is 7.23. The number of rotatable bonds is 4. The van der Waals surface area contributed by atoms with Crippen LogP contribution in [0.25, 0.3) is 0 Å². The van der Waals surface area contributed by atoms with Crippen molar-refractivity contribution in [1.29, 1.82) is 0 Å². The van der Waals surface area contributed by atoms with E-state index in [9.17, 15) is 0 Å². The van der Waals surface area contributed by atoms with Crippen LogP contribution in [-0.4, -0.2) is 6.04 Å². The first-order valence-corrected chi connectivity index (χ1v) is 7.86. The molecule has 1 saturated carbocycles. The maximum Gasteiger partial charge on any atom is 0.0327 e. The summed E-state index contributed by atoms with van der Waals surface area (Å²) in [6, 6.07) is 12.2. The molecule has 1 fully saturated rings. The van der Waals surface area contributed by atoms with Crippen LogP contribution < -0.4 is 5.32 Å². The van der Waals surface area contributed by atoms with E-state index in [1.165, 1.54) is 44.1 Å². The molecule has 1 unspecified atom stereocenters. The highest BCUT2D eigenvalue weighted by Gasteiger charge is 2.23. The Kier molecular flexibility index (Phi) is 5.04. The molecule has 2 rings (SSSR count). The molecule has 1 aromatic carbocycles. The first-order chi connectivity index (χ1) is 9.04. The van der Waals surface area contributed by atoms with Gasteiger partial charge in [0, 0.05) is 12.1 Å². The van der Waals surface area contributed by atoms with Gasteiger partial charge in [-0.05, 0) is 30.2 Å². The minimum Gasteiger partial charge on any atom is -0.307 e. The van der Waals surface area contributed by atoms with Crippen LogP contribution in [0.5, 0.6) is 0 Å². The lowest BCUT2D eigenvalue weighted by molar-refractivity contribution is 0.267. The zero-order valence-electron chi connectivity index (χ0n) is 12.8. The van der Waals surface area contributed by atoms with Gasteiger partial charge in [-0.25, -0.2) is 0 Å². The Morgan fingerprint density at radius 3 is 2.26 bits per heavy atom. The Morgan fingerprint density at radius 2 is 1.68 bits per heavy atom. The van der Waals surface area contributed by atoms with Crippen LogP contribution in [-0.2, 0) is 0 Å². The van der Waals surface area contributed by atoms with E-state index >= 15 is 0 Å².